The van der Waals surface area contributed by atoms with Gasteiger partial charge in [0.1, 0.15) is 17.1 Å². The molecule has 0 aliphatic heterocycles. The molecular formula is C27H22ClFN6O2. The molecule has 8 nitrogen and oxygen atoms in total. The van der Waals surface area contributed by atoms with Gasteiger partial charge in [0.2, 0.25) is 0 Å². The normalized spacial score (nSPS) is 23.2. The molecule has 2 bridgehead atoms. The van der Waals surface area contributed by atoms with Crippen molar-refractivity contribution in [3.05, 3.63) is 60.2 Å². The molecule has 0 amide bonds. The lowest BCUT2D eigenvalue weighted by atomic mass is 9.61. The number of rotatable bonds is 4. The lowest BCUT2D eigenvalue weighted by Crippen LogP contribution is -2.44. The molecule has 0 saturated heterocycles. The molecule has 5 aromatic heterocycles. The highest BCUT2D eigenvalue weighted by atomic mass is 35.5. The average Bonchev–Trinajstić information content (AvgIpc) is 3.50. The largest absolute Gasteiger partial charge is 0.481 e. The minimum atomic E-state index is -0.787. The lowest BCUT2D eigenvalue weighted by Gasteiger charge is -2.47. The predicted octanol–water partition coefficient (Wildman–Crippen LogP) is 5.89. The number of aromatic amines is 1. The molecule has 3 fully saturated rings. The second-order valence-corrected chi connectivity index (χ2v) is 10.5. The van der Waals surface area contributed by atoms with E-state index in [1.165, 1.54) is 6.20 Å². The number of aromatic nitrogens is 6. The number of nitrogens with one attached hydrogen (secondary N) is 1. The number of pyridine rings is 2. The number of hydrogen-bond donors (Lipinski definition) is 2. The molecule has 3 saturated carbocycles. The highest BCUT2D eigenvalue weighted by Gasteiger charge is 2.48. The van der Waals surface area contributed by atoms with Crippen LogP contribution in [0.1, 0.15) is 31.7 Å². The van der Waals surface area contributed by atoms with Crippen LogP contribution in [0, 0.1) is 23.6 Å². The van der Waals surface area contributed by atoms with Crippen molar-refractivity contribution < 1.29 is 14.3 Å². The van der Waals surface area contributed by atoms with E-state index in [0.717, 1.165) is 36.6 Å². The van der Waals surface area contributed by atoms with Crippen LogP contribution in [-0.4, -0.2) is 40.6 Å². The molecule has 0 spiro atoms. The lowest BCUT2D eigenvalue weighted by molar-refractivity contribution is -0.151. The van der Waals surface area contributed by atoms with Gasteiger partial charge in [0.15, 0.2) is 5.82 Å². The van der Waals surface area contributed by atoms with E-state index < -0.39 is 17.7 Å². The number of aliphatic carboxylic acids is 1. The molecule has 2 N–H and O–H groups in total. The van der Waals surface area contributed by atoms with Crippen molar-refractivity contribution in [2.75, 3.05) is 0 Å². The van der Waals surface area contributed by atoms with E-state index in [0.29, 0.717) is 38.7 Å². The summed E-state index contributed by atoms with van der Waals surface area (Å²) in [6.07, 6.45) is 13.4. The van der Waals surface area contributed by atoms with E-state index in [1.807, 2.05) is 10.8 Å². The summed E-state index contributed by atoms with van der Waals surface area (Å²) in [4.78, 5) is 33.4. The van der Waals surface area contributed by atoms with Crippen molar-refractivity contribution in [3.63, 3.8) is 0 Å². The maximum absolute atomic E-state index is 14.9. The zero-order valence-electron chi connectivity index (χ0n) is 19.6. The van der Waals surface area contributed by atoms with Crippen molar-refractivity contribution in [3.8, 4) is 22.5 Å². The summed E-state index contributed by atoms with van der Waals surface area (Å²) < 4.78 is 16.9. The number of carbonyl (C=O) groups is 1. The van der Waals surface area contributed by atoms with Crippen LogP contribution in [0.3, 0.4) is 0 Å². The zero-order chi connectivity index (χ0) is 25.3. The quantitative estimate of drug-likeness (QED) is 0.308. The Morgan fingerprint density at radius 1 is 1.05 bits per heavy atom. The van der Waals surface area contributed by atoms with Gasteiger partial charge in [-0.05, 0) is 49.7 Å². The number of carboxylic acids is 1. The van der Waals surface area contributed by atoms with Crippen molar-refractivity contribution in [1.29, 1.82) is 0 Å². The fourth-order valence-corrected chi connectivity index (χ4v) is 6.68. The molecular weight excluding hydrogens is 495 g/mol. The first-order valence-electron chi connectivity index (χ1n) is 12.3. The Hall–Kier alpha value is -3.85. The molecule has 10 heteroatoms. The fourth-order valence-electron chi connectivity index (χ4n) is 6.52. The molecule has 0 unspecified atom stereocenters. The molecule has 0 aromatic carbocycles. The first-order valence-corrected chi connectivity index (χ1v) is 12.7. The number of halogens is 2. The van der Waals surface area contributed by atoms with Crippen LogP contribution in [-0.2, 0) is 4.79 Å². The standard InChI is InChI=1S/C27H22ClFN6O2/c28-15-7-17-18(9-32-24(17)31-8-15)25-33-10-19-20(16-5-6-30-11-21(16)29)12-35(26(19)34-25)23-14-3-1-13(2-4-14)22(23)27(36)37/h5-14,22-23H,1-4H2,(H,31,32)(H,36,37)/t13?,14?,22-,23-/m1/s1. The van der Waals surface area contributed by atoms with E-state index in [9.17, 15) is 14.3 Å². The molecule has 8 rings (SSSR count). The number of nitrogens with zero attached hydrogens (tertiary/aromatic N) is 5. The first kappa shape index (κ1) is 22.4. The average molecular weight is 517 g/mol. The summed E-state index contributed by atoms with van der Waals surface area (Å²) in [5, 5.41) is 12.2. The fraction of sp³-hybridized carbons (Fsp3) is 0.296. The van der Waals surface area contributed by atoms with Crippen molar-refractivity contribution in [2.24, 2.45) is 17.8 Å². The monoisotopic (exact) mass is 516 g/mol. The van der Waals surface area contributed by atoms with Gasteiger partial charge in [0.25, 0.3) is 0 Å². The number of fused-ring (bicyclic) bond motifs is 5. The van der Waals surface area contributed by atoms with Gasteiger partial charge in [-0.15, -0.1) is 0 Å². The van der Waals surface area contributed by atoms with Crippen LogP contribution in [0.15, 0.2) is 49.3 Å². The Balaban J connectivity index is 1.48. The molecule has 0 radical (unpaired) electrons. The zero-order valence-corrected chi connectivity index (χ0v) is 20.4. The van der Waals surface area contributed by atoms with Crippen molar-refractivity contribution >= 4 is 39.6 Å². The van der Waals surface area contributed by atoms with E-state index in [1.54, 1.807) is 36.9 Å². The Labute approximate surface area is 215 Å². The highest BCUT2D eigenvalue weighted by molar-refractivity contribution is 6.31. The highest BCUT2D eigenvalue weighted by Crippen LogP contribution is 2.52. The van der Waals surface area contributed by atoms with E-state index in [4.69, 9.17) is 16.6 Å². The van der Waals surface area contributed by atoms with E-state index in [2.05, 4.69) is 19.9 Å². The van der Waals surface area contributed by atoms with Gasteiger partial charge in [-0.1, -0.05) is 11.6 Å². The maximum atomic E-state index is 14.9. The van der Waals surface area contributed by atoms with Gasteiger partial charge < -0.3 is 14.7 Å². The van der Waals surface area contributed by atoms with Crippen molar-refractivity contribution in [2.45, 2.75) is 31.7 Å². The van der Waals surface area contributed by atoms with Crippen LogP contribution < -0.4 is 0 Å². The Kier molecular flexibility index (Phi) is 5.04. The summed E-state index contributed by atoms with van der Waals surface area (Å²) in [5.41, 5.74) is 2.98. The van der Waals surface area contributed by atoms with Crippen LogP contribution in [0.4, 0.5) is 4.39 Å². The summed E-state index contributed by atoms with van der Waals surface area (Å²) >= 11 is 6.21. The van der Waals surface area contributed by atoms with Gasteiger partial charge in [0, 0.05) is 58.4 Å². The Morgan fingerprint density at radius 2 is 1.86 bits per heavy atom. The van der Waals surface area contributed by atoms with Gasteiger partial charge in [0.05, 0.1) is 23.2 Å². The van der Waals surface area contributed by atoms with E-state index in [-0.39, 0.29) is 17.9 Å². The van der Waals surface area contributed by atoms with Crippen molar-refractivity contribution in [1.82, 2.24) is 29.5 Å². The SMILES string of the molecule is O=C(O)[C@@H]1C2CCC(CC2)[C@H]1n1cc(-c2ccncc2F)c2cnc(-c3c[nH]c4ncc(Cl)cc34)nc21. The van der Waals surface area contributed by atoms with Gasteiger partial charge in [-0.3, -0.25) is 9.78 Å². The molecule has 5 heterocycles. The number of carboxylic acid groups (broad SMARTS) is 1. The minimum Gasteiger partial charge on any atom is -0.481 e. The molecule has 5 aromatic rings. The molecule has 186 valence electrons. The minimum absolute atomic E-state index is 0.120. The smallest absolute Gasteiger partial charge is 0.308 e. The first-order chi connectivity index (χ1) is 18.0. The van der Waals surface area contributed by atoms with Crippen LogP contribution in [0.2, 0.25) is 5.02 Å². The molecule has 3 aliphatic carbocycles. The number of H-pyrrole nitrogens is 1. The van der Waals surface area contributed by atoms with Gasteiger partial charge in [-0.25, -0.2) is 19.3 Å². The Morgan fingerprint density at radius 3 is 2.65 bits per heavy atom. The van der Waals surface area contributed by atoms with Gasteiger partial charge >= 0.3 is 5.97 Å². The summed E-state index contributed by atoms with van der Waals surface area (Å²) in [6, 6.07) is 3.16. The second-order valence-electron chi connectivity index (χ2n) is 10.0. The third-order valence-electron chi connectivity index (χ3n) is 8.15. The molecule has 37 heavy (non-hydrogen) atoms. The third kappa shape index (κ3) is 3.44. The van der Waals surface area contributed by atoms with Gasteiger partial charge in [-0.2, -0.15) is 0 Å². The summed E-state index contributed by atoms with van der Waals surface area (Å²) in [5.74, 6) is -0.975. The summed E-state index contributed by atoms with van der Waals surface area (Å²) in [7, 11) is 0. The van der Waals surface area contributed by atoms with Crippen LogP contribution in [0.25, 0.3) is 44.6 Å². The topological polar surface area (TPSA) is 110 Å². The Bertz CT molecular complexity index is 1690. The predicted molar refractivity (Wildman–Crippen MR) is 136 cm³/mol. The van der Waals surface area contributed by atoms with E-state index >= 15 is 0 Å². The summed E-state index contributed by atoms with van der Waals surface area (Å²) in [6.45, 7) is 0. The second kappa shape index (κ2) is 8.34. The van der Waals surface area contributed by atoms with Crippen LogP contribution >= 0.6 is 11.6 Å². The molecule has 2 atom stereocenters. The van der Waals surface area contributed by atoms with Crippen LogP contribution in [0.5, 0.6) is 0 Å². The number of hydrogen-bond acceptors (Lipinski definition) is 5. The molecule has 3 aliphatic rings. The maximum Gasteiger partial charge on any atom is 0.308 e. The third-order valence-corrected chi connectivity index (χ3v) is 8.36.